The second-order valence-corrected chi connectivity index (χ2v) is 6.86. The van der Waals surface area contributed by atoms with Gasteiger partial charge in [0.15, 0.2) is 0 Å². The lowest BCUT2D eigenvalue weighted by Crippen LogP contribution is -2.35. The van der Waals surface area contributed by atoms with E-state index in [1.54, 1.807) is 30.2 Å². The molecule has 2 rings (SSSR count). The Bertz CT molecular complexity index is 691. The first-order valence-corrected chi connectivity index (χ1v) is 8.04. The van der Waals surface area contributed by atoms with Crippen LogP contribution in [0.5, 0.6) is 0 Å². The van der Waals surface area contributed by atoms with Gasteiger partial charge in [0.1, 0.15) is 4.88 Å². The van der Waals surface area contributed by atoms with E-state index in [4.69, 9.17) is 5.11 Å². The van der Waals surface area contributed by atoms with Gasteiger partial charge >= 0.3 is 5.97 Å². The summed E-state index contributed by atoms with van der Waals surface area (Å²) in [6, 6.07) is 0.807. The zero-order valence-corrected chi connectivity index (χ0v) is 12.2. The van der Waals surface area contributed by atoms with E-state index < -0.39 is 16.0 Å². The van der Waals surface area contributed by atoms with E-state index in [9.17, 15) is 13.2 Å². The van der Waals surface area contributed by atoms with Crippen LogP contribution in [0.4, 0.5) is 0 Å². The first-order chi connectivity index (χ1) is 9.38. The van der Waals surface area contributed by atoms with Crippen molar-refractivity contribution in [2.24, 2.45) is 0 Å². The monoisotopic (exact) mass is 315 g/mol. The minimum Gasteiger partial charge on any atom is -0.477 e. The highest BCUT2D eigenvalue weighted by Gasteiger charge is 2.20. The molecule has 0 fully saturated rings. The van der Waals surface area contributed by atoms with Gasteiger partial charge < -0.3 is 9.67 Å². The molecule has 9 heteroatoms. The molecule has 0 saturated heterocycles. The highest BCUT2D eigenvalue weighted by atomic mass is 32.2. The molecule has 2 aromatic rings. The lowest BCUT2D eigenvalue weighted by atomic mass is 10.4. The Balaban J connectivity index is 2.08. The topological polar surface area (TPSA) is 101 Å². The Morgan fingerprint density at radius 3 is 2.90 bits per heavy atom. The number of nitrogens with one attached hydrogen (secondary N) is 1. The molecule has 1 unspecified atom stereocenters. The molecule has 0 bridgehead atoms. The fourth-order valence-electron chi connectivity index (χ4n) is 1.65. The van der Waals surface area contributed by atoms with Gasteiger partial charge in [-0.15, -0.1) is 11.3 Å². The van der Waals surface area contributed by atoms with Crippen molar-refractivity contribution in [2.45, 2.75) is 24.4 Å². The molecule has 2 heterocycles. The van der Waals surface area contributed by atoms with Crippen LogP contribution in [0.1, 0.15) is 16.6 Å². The number of imidazole rings is 1. The minimum absolute atomic E-state index is 0.00682. The number of rotatable bonds is 6. The van der Waals surface area contributed by atoms with Crippen LogP contribution in [-0.4, -0.2) is 35.1 Å². The Kier molecular flexibility index (Phi) is 4.21. The van der Waals surface area contributed by atoms with Crippen molar-refractivity contribution in [1.29, 1.82) is 0 Å². The smallest absolute Gasteiger partial charge is 0.345 e. The number of nitrogens with zero attached hydrogens (tertiary/aromatic N) is 2. The highest BCUT2D eigenvalue weighted by Crippen LogP contribution is 2.19. The number of hydrogen-bond acceptors (Lipinski definition) is 5. The van der Waals surface area contributed by atoms with Crippen LogP contribution >= 0.6 is 11.3 Å². The fourth-order valence-corrected chi connectivity index (χ4v) is 4.00. The summed E-state index contributed by atoms with van der Waals surface area (Å²) in [6.07, 6.45) is 4.94. The number of aromatic carboxylic acids is 1. The number of carboxylic acid groups (broad SMARTS) is 1. The molecule has 20 heavy (non-hydrogen) atoms. The number of aromatic nitrogens is 2. The molecule has 0 aliphatic carbocycles. The summed E-state index contributed by atoms with van der Waals surface area (Å²) >= 11 is 0.883. The summed E-state index contributed by atoms with van der Waals surface area (Å²) in [5, 5.41) is 10.1. The van der Waals surface area contributed by atoms with Crippen molar-refractivity contribution >= 4 is 27.3 Å². The van der Waals surface area contributed by atoms with Crippen molar-refractivity contribution < 1.29 is 18.3 Å². The molecule has 2 aromatic heterocycles. The summed E-state index contributed by atoms with van der Waals surface area (Å²) in [5.41, 5.74) is 0. The highest BCUT2D eigenvalue weighted by molar-refractivity contribution is 7.89. The number of carboxylic acids is 1. The maximum absolute atomic E-state index is 12.1. The van der Waals surface area contributed by atoms with Gasteiger partial charge in [0.25, 0.3) is 0 Å². The van der Waals surface area contributed by atoms with Gasteiger partial charge in [0.05, 0.1) is 11.2 Å². The lowest BCUT2D eigenvalue weighted by molar-refractivity contribution is 0.0702. The normalized spacial score (nSPS) is 13.2. The van der Waals surface area contributed by atoms with Crippen molar-refractivity contribution in [1.82, 2.24) is 14.3 Å². The molecular formula is C11H13N3O4S2. The number of hydrogen-bond donors (Lipinski definition) is 2. The summed E-state index contributed by atoms with van der Waals surface area (Å²) in [4.78, 5) is 14.6. The molecule has 7 nitrogen and oxygen atoms in total. The van der Waals surface area contributed by atoms with Crippen LogP contribution in [0.2, 0.25) is 0 Å². The molecule has 0 amide bonds. The van der Waals surface area contributed by atoms with Gasteiger partial charge in [-0.2, -0.15) is 0 Å². The summed E-state index contributed by atoms with van der Waals surface area (Å²) in [7, 11) is -3.71. The van der Waals surface area contributed by atoms with E-state index >= 15 is 0 Å². The van der Waals surface area contributed by atoms with Crippen molar-refractivity contribution in [3.63, 3.8) is 0 Å². The van der Waals surface area contributed by atoms with Gasteiger partial charge in [-0.3, -0.25) is 0 Å². The molecule has 0 saturated carbocycles. The van der Waals surface area contributed by atoms with Crippen LogP contribution in [0, 0.1) is 0 Å². The third-order valence-corrected chi connectivity index (χ3v) is 5.13. The Morgan fingerprint density at radius 2 is 2.35 bits per heavy atom. The molecule has 0 aliphatic rings. The van der Waals surface area contributed by atoms with Crippen LogP contribution in [0.15, 0.2) is 35.1 Å². The van der Waals surface area contributed by atoms with Crippen LogP contribution in [0.3, 0.4) is 0 Å². The summed E-state index contributed by atoms with van der Waals surface area (Å²) in [6.45, 7) is 2.16. The number of thiophene rings is 1. The Hall–Kier alpha value is -1.71. The second-order valence-electron chi connectivity index (χ2n) is 4.23. The van der Waals surface area contributed by atoms with E-state index in [-0.39, 0.29) is 15.8 Å². The zero-order valence-electron chi connectivity index (χ0n) is 10.6. The predicted octanol–water partition coefficient (Wildman–Crippen LogP) is 1.01. The molecule has 0 spiro atoms. The number of sulfonamides is 1. The lowest BCUT2D eigenvalue weighted by Gasteiger charge is -2.13. The van der Waals surface area contributed by atoms with Gasteiger partial charge in [0, 0.05) is 30.4 Å². The average molecular weight is 315 g/mol. The third kappa shape index (κ3) is 3.44. The van der Waals surface area contributed by atoms with E-state index in [0.29, 0.717) is 6.54 Å². The quantitative estimate of drug-likeness (QED) is 0.828. The summed E-state index contributed by atoms with van der Waals surface area (Å²) < 4.78 is 28.4. The van der Waals surface area contributed by atoms with E-state index in [1.165, 1.54) is 5.38 Å². The molecule has 0 aliphatic heterocycles. The van der Waals surface area contributed by atoms with Crippen molar-refractivity contribution in [3.05, 3.63) is 35.0 Å². The minimum atomic E-state index is -3.71. The molecule has 0 aromatic carbocycles. The van der Waals surface area contributed by atoms with Crippen LogP contribution in [-0.2, 0) is 16.6 Å². The molecular weight excluding hydrogens is 302 g/mol. The maximum atomic E-state index is 12.1. The summed E-state index contributed by atoms with van der Waals surface area (Å²) in [5.74, 6) is -1.14. The molecule has 1 atom stereocenters. The second kappa shape index (κ2) is 5.73. The van der Waals surface area contributed by atoms with E-state index in [2.05, 4.69) is 9.71 Å². The van der Waals surface area contributed by atoms with E-state index in [1.807, 2.05) is 0 Å². The number of carbonyl (C=O) groups is 1. The largest absolute Gasteiger partial charge is 0.477 e. The first kappa shape index (κ1) is 14.7. The zero-order chi connectivity index (χ0) is 14.8. The van der Waals surface area contributed by atoms with Gasteiger partial charge in [0.2, 0.25) is 10.0 Å². The predicted molar refractivity (Wildman–Crippen MR) is 73.3 cm³/mol. The van der Waals surface area contributed by atoms with Gasteiger partial charge in [-0.1, -0.05) is 0 Å². The van der Waals surface area contributed by atoms with Crippen molar-refractivity contribution in [2.75, 3.05) is 0 Å². The molecule has 108 valence electrons. The third-order valence-electron chi connectivity index (χ3n) is 2.50. The Labute approximate surface area is 119 Å². The molecule has 2 N–H and O–H groups in total. The SMILES string of the molecule is CC(Cn1ccnc1)NS(=O)(=O)c1csc(C(=O)O)c1. The molecule has 0 radical (unpaired) electrons. The Morgan fingerprint density at radius 1 is 1.60 bits per heavy atom. The first-order valence-electron chi connectivity index (χ1n) is 5.68. The maximum Gasteiger partial charge on any atom is 0.345 e. The average Bonchev–Trinajstić information content (AvgIpc) is 2.97. The van der Waals surface area contributed by atoms with Crippen LogP contribution < -0.4 is 4.72 Å². The van der Waals surface area contributed by atoms with E-state index in [0.717, 1.165) is 17.4 Å². The fraction of sp³-hybridized carbons (Fsp3) is 0.273. The standard InChI is InChI=1S/C11H13N3O4S2/c1-8(5-14-3-2-12-7-14)13-20(17,18)9-4-10(11(15)16)19-6-9/h2-4,6-8,13H,5H2,1H3,(H,15,16). The van der Waals surface area contributed by atoms with Crippen LogP contribution in [0.25, 0.3) is 0 Å². The van der Waals surface area contributed by atoms with Gasteiger partial charge in [-0.25, -0.2) is 22.9 Å². The van der Waals surface area contributed by atoms with Crippen molar-refractivity contribution in [3.8, 4) is 0 Å². The van der Waals surface area contributed by atoms with Gasteiger partial charge in [-0.05, 0) is 13.0 Å².